The molecule has 0 fully saturated rings. The van der Waals surface area contributed by atoms with E-state index < -0.39 is 8.07 Å². The summed E-state index contributed by atoms with van der Waals surface area (Å²) in [6.07, 6.45) is 0. The number of anilines is 3. The Labute approximate surface area is 279 Å². The van der Waals surface area contributed by atoms with Gasteiger partial charge in [-0.1, -0.05) is 116 Å². The van der Waals surface area contributed by atoms with Crippen LogP contribution >= 0.6 is 0 Å². The first-order chi connectivity index (χ1) is 23.6. The number of fused-ring (bicyclic) bond motifs is 8. The molecular formula is C44H32N2OSi. The molecule has 0 amide bonds. The second-order valence-electron chi connectivity index (χ2n) is 13.4. The predicted octanol–water partition coefficient (Wildman–Crippen LogP) is 11.0. The average Bonchev–Trinajstić information content (AvgIpc) is 3.68. The van der Waals surface area contributed by atoms with Crippen LogP contribution in [0.15, 0.2) is 162 Å². The number of hydrogen-bond acceptors (Lipinski definition) is 2. The Hall–Kier alpha value is -5.84. The quantitative estimate of drug-likeness (QED) is 0.181. The minimum Gasteiger partial charge on any atom is -0.454 e. The Morgan fingerprint density at radius 3 is 2.00 bits per heavy atom. The van der Waals surface area contributed by atoms with Crippen LogP contribution in [-0.2, 0) is 0 Å². The maximum atomic E-state index is 6.52. The highest BCUT2D eigenvalue weighted by Crippen LogP contribution is 2.41. The van der Waals surface area contributed by atoms with Crippen LogP contribution in [0, 0.1) is 0 Å². The van der Waals surface area contributed by atoms with Gasteiger partial charge in [-0.25, -0.2) is 0 Å². The van der Waals surface area contributed by atoms with Crippen LogP contribution in [0.2, 0.25) is 13.1 Å². The molecule has 0 bridgehead atoms. The Morgan fingerprint density at radius 1 is 0.458 bits per heavy atom. The maximum Gasteiger partial charge on any atom is 0.159 e. The van der Waals surface area contributed by atoms with Crippen LogP contribution in [0.3, 0.4) is 0 Å². The van der Waals surface area contributed by atoms with E-state index in [1.165, 1.54) is 60.4 Å². The third-order valence-electron chi connectivity index (χ3n) is 10.4. The van der Waals surface area contributed by atoms with Gasteiger partial charge in [0.1, 0.15) is 13.7 Å². The second kappa shape index (κ2) is 10.1. The van der Waals surface area contributed by atoms with Gasteiger partial charge in [-0.3, -0.25) is 0 Å². The van der Waals surface area contributed by atoms with E-state index in [1.807, 2.05) is 6.07 Å². The number of nitrogens with zero attached hydrogens (tertiary/aromatic N) is 2. The molecule has 0 saturated carbocycles. The highest BCUT2D eigenvalue weighted by atomic mass is 28.3. The summed E-state index contributed by atoms with van der Waals surface area (Å²) in [6, 6.07) is 57.4. The van der Waals surface area contributed by atoms with E-state index in [1.54, 1.807) is 0 Å². The fourth-order valence-electron chi connectivity index (χ4n) is 8.06. The van der Waals surface area contributed by atoms with Crippen LogP contribution in [0.5, 0.6) is 0 Å². The van der Waals surface area contributed by atoms with E-state index in [4.69, 9.17) is 4.42 Å². The molecule has 4 heteroatoms. The molecule has 3 heterocycles. The monoisotopic (exact) mass is 632 g/mol. The summed E-state index contributed by atoms with van der Waals surface area (Å²) >= 11 is 0. The standard InChI is InChI=1S/C44H32N2OSi/c1-48(2)42-22-11-9-19-38(42)45(31-13-4-3-5-14-31)39-26-24-30(28-43(39)48)29-23-25-37-35(27-29)32-15-6-8-18-36(32)46(37)40-20-12-17-34-33-16-7-10-21-41(33)47-44(34)40/h3-28H,1-2H3. The van der Waals surface area contributed by atoms with E-state index in [2.05, 4.69) is 174 Å². The largest absolute Gasteiger partial charge is 0.454 e. The van der Waals surface area contributed by atoms with Crippen LogP contribution in [0.25, 0.3) is 60.6 Å². The highest BCUT2D eigenvalue weighted by Gasteiger charge is 2.38. The number of hydrogen-bond donors (Lipinski definition) is 0. The van der Waals surface area contributed by atoms with Crippen molar-refractivity contribution in [3.63, 3.8) is 0 Å². The van der Waals surface area contributed by atoms with Gasteiger partial charge >= 0.3 is 0 Å². The number of rotatable bonds is 3. The molecule has 0 radical (unpaired) electrons. The summed E-state index contributed by atoms with van der Waals surface area (Å²) in [6.45, 7) is 4.98. The van der Waals surface area contributed by atoms with Crippen molar-refractivity contribution in [2.24, 2.45) is 0 Å². The maximum absolute atomic E-state index is 6.52. The summed E-state index contributed by atoms with van der Waals surface area (Å²) in [5, 5.41) is 7.68. The van der Waals surface area contributed by atoms with Crippen LogP contribution < -0.4 is 15.3 Å². The summed E-state index contributed by atoms with van der Waals surface area (Å²) in [5.41, 5.74) is 11.5. The minimum atomic E-state index is -2.00. The topological polar surface area (TPSA) is 21.3 Å². The molecule has 1 aliphatic rings. The van der Waals surface area contributed by atoms with Gasteiger partial charge in [0.05, 0.1) is 16.7 Å². The lowest BCUT2D eigenvalue weighted by atomic mass is 10.0. The van der Waals surface area contributed by atoms with Gasteiger partial charge in [0.15, 0.2) is 5.58 Å². The van der Waals surface area contributed by atoms with Crippen LogP contribution in [-0.4, -0.2) is 12.6 Å². The molecule has 0 aliphatic carbocycles. The SMILES string of the molecule is C[Si]1(C)c2ccccc2N(c2ccccc2)c2ccc(-c3ccc4c(c3)c3ccccc3n4-c3cccc4c3oc3ccccc34)cc21. The van der Waals surface area contributed by atoms with Crippen molar-refractivity contribution in [3.8, 4) is 16.8 Å². The summed E-state index contributed by atoms with van der Waals surface area (Å²) in [7, 11) is -2.00. The molecule has 0 atom stereocenters. The molecule has 48 heavy (non-hydrogen) atoms. The van der Waals surface area contributed by atoms with Crippen molar-refractivity contribution in [2.75, 3.05) is 4.90 Å². The third kappa shape index (κ3) is 3.81. The van der Waals surface area contributed by atoms with E-state index in [9.17, 15) is 0 Å². The molecule has 9 aromatic rings. The first kappa shape index (κ1) is 27.3. The molecule has 0 unspecified atom stereocenters. The fraction of sp³-hybridized carbons (Fsp3) is 0.0455. The zero-order valence-corrected chi connectivity index (χ0v) is 27.8. The average molecular weight is 633 g/mol. The smallest absolute Gasteiger partial charge is 0.159 e. The lowest BCUT2D eigenvalue weighted by Crippen LogP contribution is -2.58. The predicted molar refractivity (Wildman–Crippen MR) is 205 cm³/mol. The van der Waals surface area contributed by atoms with Gasteiger partial charge in [-0.05, 0) is 76.1 Å². The van der Waals surface area contributed by atoms with Crippen molar-refractivity contribution in [1.82, 2.24) is 4.57 Å². The van der Waals surface area contributed by atoms with Gasteiger partial charge in [0.25, 0.3) is 0 Å². The first-order valence-corrected chi connectivity index (χ1v) is 19.6. The summed E-state index contributed by atoms with van der Waals surface area (Å²) < 4.78 is 8.89. The Balaban J connectivity index is 1.17. The summed E-state index contributed by atoms with van der Waals surface area (Å²) in [5.74, 6) is 0. The van der Waals surface area contributed by atoms with Crippen molar-refractivity contribution in [1.29, 1.82) is 0 Å². The van der Waals surface area contributed by atoms with Crippen LogP contribution in [0.4, 0.5) is 17.1 Å². The Bertz CT molecular complexity index is 2720. The first-order valence-electron chi connectivity index (χ1n) is 16.6. The molecular weight excluding hydrogens is 601 g/mol. The zero-order chi connectivity index (χ0) is 32.0. The van der Waals surface area contributed by atoms with E-state index in [0.29, 0.717) is 0 Å². The third-order valence-corrected chi connectivity index (χ3v) is 13.9. The van der Waals surface area contributed by atoms with Gasteiger partial charge in [-0.15, -0.1) is 0 Å². The summed E-state index contributed by atoms with van der Waals surface area (Å²) in [4.78, 5) is 2.45. The van der Waals surface area contributed by atoms with Crippen LogP contribution in [0.1, 0.15) is 0 Å². The van der Waals surface area contributed by atoms with Gasteiger partial charge < -0.3 is 13.9 Å². The van der Waals surface area contributed by atoms with Crippen molar-refractivity contribution in [2.45, 2.75) is 13.1 Å². The van der Waals surface area contributed by atoms with Gasteiger partial charge in [0, 0.05) is 38.6 Å². The zero-order valence-electron chi connectivity index (χ0n) is 26.8. The molecule has 2 aromatic heterocycles. The minimum absolute atomic E-state index is 0.912. The molecule has 0 saturated heterocycles. The molecule has 7 aromatic carbocycles. The van der Waals surface area contributed by atoms with Gasteiger partial charge in [-0.2, -0.15) is 0 Å². The lowest BCUT2D eigenvalue weighted by molar-refractivity contribution is 0.666. The molecule has 228 valence electrons. The van der Waals surface area contributed by atoms with E-state index >= 15 is 0 Å². The van der Waals surface area contributed by atoms with E-state index in [0.717, 1.165) is 27.6 Å². The number of para-hydroxylation sites is 5. The molecule has 0 N–H and O–H groups in total. The molecule has 3 nitrogen and oxygen atoms in total. The Morgan fingerprint density at radius 2 is 1.10 bits per heavy atom. The van der Waals surface area contributed by atoms with E-state index in [-0.39, 0.29) is 0 Å². The lowest BCUT2D eigenvalue weighted by Gasteiger charge is -2.41. The molecule has 1 aliphatic heterocycles. The fourth-order valence-corrected chi connectivity index (χ4v) is 11.0. The van der Waals surface area contributed by atoms with Crippen molar-refractivity contribution in [3.05, 3.63) is 158 Å². The number of benzene rings is 7. The normalized spacial score (nSPS) is 13.8. The molecule has 10 rings (SSSR count). The van der Waals surface area contributed by atoms with Gasteiger partial charge in [0.2, 0.25) is 0 Å². The van der Waals surface area contributed by atoms with Crippen molar-refractivity contribution < 1.29 is 4.42 Å². The highest BCUT2D eigenvalue weighted by molar-refractivity contribution is 7.02. The number of aromatic nitrogens is 1. The Kier molecular flexibility index (Phi) is 5.73. The molecule has 0 spiro atoms. The second-order valence-corrected chi connectivity index (χ2v) is 17.7. The number of furan rings is 1. The van der Waals surface area contributed by atoms with Crippen molar-refractivity contribution >= 4 is 79.3 Å².